The van der Waals surface area contributed by atoms with Crippen LogP contribution in [0.5, 0.6) is 5.75 Å². The summed E-state index contributed by atoms with van der Waals surface area (Å²) in [5.41, 5.74) is 2.91. The fourth-order valence-corrected chi connectivity index (χ4v) is 2.72. The summed E-state index contributed by atoms with van der Waals surface area (Å²) in [5, 5.41) is 9.23. The van der Waals surface area contributed by atoms with Crippen LogP contribution in [0.4, 0.5) is 4.39 Å². The van der Waals surface area contributed by atoms with Gasteiger partial charge in [0.05, 0.1) is 20.1 Å². The molecule has 0 unspecified atom stereocenters. The van der Waals surface area contributed by atoms with Gasteiger partial charge in [0.1, 0.15) is 11.6 Å². The minimum absolute atomic E-state index is 0.107. The van der Waals surface area contributed by atoms with Gasteiger partial charge in [0, 0.05) is 25.2 Å². The number of hydrogen-bond acceptors (Lipinski definition) is 3. The number of nitrogens with one attached hydrogen (secondary N) is 3. The van der Waals surface area contributed by atoms with E-state index >= 15 is 0 Å². The van der Waals surface area contributed by atoms with E-state index in [0.717, 1.165) is 29.0 Å². The lowest BCUT2D eigenvalue weighted by atomic mass is 10.1. The Bertz CT molecular complexity index is 822. The molecule has 2 aromatic carbocycles. The molecule has 7 heteroatoms. The summed E-state index contributed by atoms with van der Waals surface area (Å²) in [6.07, 6.45) is 0.224. The van der Waals surface area contributed by atoms with Crippen LogP contribution < -0.4 is 20.7 Å². The number of amides is 1. The molecule has 0 spiro atoms. The maximum Gasteiger partial charge on any atom is 0.224 e. The van der Waals surface area contributed by atoms with E-state index in [-0.39, 0.29) is 18.1 Å². The number of nitrogens with zero attached hydrogens (tertiary/aromatic N) is 1. The number of guanidine groups is 1. The van der Waals surface area contributed by atoms with Crippen molar-refractivity contribution in [3.8, 4) is 5.75 Å². The molecule has 1 amide bonds. The predicted octanol–water partition coefficient (Wildman–Crippen LogP) is 2.56. The van der Waals surface area contributed by atoms with Gasteiger partial charge in [-0.3, -0.25) is 4.79 Å². The number of rotatable bonds is 9. The van der Waals surface area contributed by atoms with Crippen LogP contribution in [-0.2, 0) is 17.8 Å². The van der Waals surface area contributed by atoms with Gasteiger partial charge < -0.3 is 20.7 Å². The number of carbonyl (C=O) groups is 1. The van der Waals surface area contributed by atoms with Gasteiger partial charge in [0.25, 0.3) is 0 Å². The minimum Gasteiger partial charge on any atom is -0.496 e. The molecule has 0 aliphatic heterocycles. The highest BCUT2D eigenvalue weighted by Crippen LogP contribution is 2.20. The fraction of sp³-hybridized carbons (Fsp3) is 0.364. The highest BCUT2D eigenvalue weighted by Gasteiger charge is 2.05. The third-order valence-electron chi connectivity index (χ3n) is 4.21. The smallest absolute Gasteiger partial charge is 0.224 e. The topological polar surface area (TPSA) is 74.8 Å². The second kappa shape index (κ2) is 11.7. The summed E-state index contributed by atoms with van der Waals surface area (Å²) in [5.74, 6) is 1.07. The van der Waals surface area contributed by atoms with Gasteiger partial charge in [-0.05, 0) is 43.2 Å². The number of methoxy groups -OCH3 is 1. The fourth-order valence-electron chi connectivity index (χ4n) is 2.72. The molecule has 0 bridgehead atoms. The van der Waals surface area contributed by atoms with Crippen LogP contribution in [0.15, 0.2) is 47.5 Å². The average Bonchev–Trinajstić information content (AvgIpc) is 2.71. The first-order valence-corrected chi connectivity index (χ1v) is 9.68. The van der Waals surface area contributed by atoms with Gasteiger partial charge in [0.15, 0.2) is 5.96 Å². The number of hydrogen-bond donors (Lipinski definition) is 3. The van der Waals surface area contributed by atoms with Crippen LogP contribution in [0.3, 0.4) is 0 Å². The molecule has 0 aliphatic carbocycles. The molecule has 0 saturated carbocycles. The van der Waals surface area contributed by atoms with Crippen LogP contribution >= 0.6 is 0 Å². The van der Waals surface area contributed by atoms with Crippen LogP contribution in [0.2, 0.25) is 0 Å². The molecule has 0 fully saturated rings. The first-order valence-electron chi connectivity index (χ1n) is 9.68. The molecule has 2 aromatic rings. The van der Waals surface area contributed by atoms with Gasteiger partial charge in [0.2, 0.25) is 5.91 Å². The molecular weight excluding hydrogens is 371 g/mol. The Hall–Kier alpha value is -3.09. The Balaban J connectivity index is 1.80. The van der Waals surface area contributed by atoms with Crippen LogP contribution in [0.1, 0.15) is 23.6 Å². The summed E-state index contributed by atoms with van der Waals surface area (Å²) in [6, 6.07) is 12.0. The van der Waals surface area contributed by atoms with Crippen LogP contribution in [0, 0.1) is 12.7 Å². The highest BCUT2D eigenvalue weighted by atomic mass is 19.1. The van der Waals surface area contributed by atoms with E-state index in [0.29, 0.717) is 25.6 Å². The zero-order valence-corrected chi connectivity index (χ0v) is 17.2. The molecule has 156 valence electrons. The summed E-state index contributed by atoms with van der Waals surface area (Å²) in [7, 11) is 1.65. The Labute approximate surface area is 171 Å². The number of ether oxygens (including phenoxy) is 1. The van der Waals surface area contributed by atoms with Crippen molar-refractivity contribution in [2.24, 2.45) is 4.99 Å². The normalized spacial score (nSPS) is 11.1. The molecular formula is C22H29FN4O2. The SMILES string of the molecule is CCNC(=NCc1ccc(C)cc1OC)NCCNC(=O)Cc1ccc(F)cc1. The molecule has 3 N–H and O–H groups in total. The van der Waals surface area contributed by atoms with E-state index < -0.39 is 0 Å². The third kappa shape index (κ3) is 7.81. The molecule has 0 aromatic heterocycles. The van der Waals surface area contributed by atoms with Gasteiger partial charge >= 0.3 is 0 Å². The Kier molecular flexibility index (Phi) is 8.95. The number of aliphatic imine (C=N–C) groups is 1. The molecule has 0 heterocycles. The average molecular weight is 400 g/mol. The quantitative estimate of drug-likeness (QED) is 0.344. The van der Waals surface area contributed by atoms with E-state index in [4.69, 9.17) is 4.74 Å². The van der Waals surface area contributed by atoms with Gasteiger partial charge in [-0.15, -0.1) is 0 Å². The predicted molar refractivity (Wildman–Crippen MR) is 114 cm³/mol. The van der Waals surface area contributed by atoms with Crippen molar-refractivity contribution < 1.29 is 13.9 Å². The van der Waals surface area contributed by atoms with Crippen molar-refractivity contribution in [3.05, 3.63) is 65.0 Å². The third-order valence-corrected chi connectivity index (χ3v) is 4.21. The summed E-state index contributed by atoms with van der Waals surface area (Å²) in [4.78, 5) is 16.6. The molecule has 0 radical (unpaired) electrons. The molecule has 29 heavy (non-hydrogen) atoms. The van der Waals surface area contributed by atoms with Gasteiger partial charge in [-0.25, -0.2) is 9.38 Å². The lowest BCUT2D eigenvalue weighted by molar-refractivity contribution is -0.120. The molecule has 0 atom stereocenters. The zero-order chi connectivity index (χ0) is 21.1. The van der Waals surface area contributed by atoms with Gasteiger partial charge in [-0.2, -0.15) is 0 Å². The molecule has 0 saturated heterocycles. The Morgan fingerprint density at radius 2 is 1.79 bits per heavy atom. The standard InChI is InChI=1S/C22H29FN4O2/c1-4-24-22(27-15-18-8-5-16(2)13-20(18)29-3)26-12-11-25-21(28)14-17-6-9-19(23)10-7-17/h5-10,13H,4,11-12,14-15H2,1-3H3,(H,25,28)(H2,24,26,27). The number of carbonyl (C=O) groups excluding carboxylic acids is 1. The van der Waals surface area contributed by atoms with Crippen molar-refractivity contribution in [2.45, 2.75) is 26.8 Å². The molecule has 2 rings (SSSR count). The zero-order valence-electron chi connectivity index (χ0n) is 17.2. The van der Waals surface area contributed by atoms with Crippen molar-refractivity contribution >= 4 is 11.9 Å². The highest BCUT2D eigenvalue weighted by molar-refractivity contribution is 5.80. The van der Waals surface area contributed by atoms with Crippen molar-refractivity contribution in [1.29, 1.82) is 0 Å². The summed E-state index contributed by atoms with van der Waals surface area (Å²) < 4.78 is 18.3. The van der Waals surface area contributed by atoms with Crippen molar-refractivity contribution in [3.63, 3.8) is 0 Å². The second-order valence-corrected chi connectivity index (χ2v) is 6.59. The number of benzene rings is 2. The number of aryl methyl sites for hydroxylation is 1. The van der Waals surface area contributed by atoms with E-state index in [1.165, 1.54) is 12.1 Å². The van der Waals surface area contributed by atoms with Gasteiger partial charge in [-0.1, -0.05) is 24.3 Å². The van der Waals surface area contributed by atoms with E-state index in [1.807, 2.05) is 32.0 Å². The lowest BCUT2D eigenvalue weighted by Gasteiger charge is -2.13. The van der Waals surface area contributed by atoms with Crippen LogP contribution in [-0.4, -0.2) is 38.6 Å². The monoisotopic (exact) mass is 400 g/mol. The minimum atomic E-state index is -0.308. The van der Waals surface area contributed by atoms with Crippen LogP contribution in [0.25, 0.3) is 0 Å². The Morgan fingerprint density at radius 3 is 2.48 bits per heavy atom. The summed E-state index contributed by atoms with van der Waals surface area (Å²) >= 11 is 0. The van der Waals surface area contributed by atoms with E-state index in [9.17, 15) is 9.18 Å². The van der Waals surface area contributed by atoms with E-state index in [2.05, 4.69) is 20.9 Å². The number of halogens is 1. The first kappa shape index (κ1) is 22.2. The summed E-state index contributed by atoms with van der Waals surface area (Å²) in [6.45, 7) is 6.22. The molecule has 0 aliphatic rings. The molecule has 6 nitrogen and oxygen atoms in total. The second-order valence-electron chi connectivity index (χ2n) is 6.59. The largest absolute Gasteiger partial charge is 0.496 e. The van der Waals surface area contributed by atoms with E-state index in [1.54, 1.807) is 19.2 Å². The Morgan fingerprint density at radius 1 is 1.07 bits per heavy atom. The van der Waals surface area contributed by atoms with Crippen molar-refractivity contribution in [1.82, 2.24) is 16.0 Å². The van der Waals surface area contributed by atoms with Crippen molar-refractivity contribution in [2.75, 3.05) is 26.7 Å². The maximum atomic E-state index is 12.9. The lowest BCUT2D eigenvalue weighted by Crippen LogP contribution is -2.41. The maximum absolute atomic E-state index is 12.9. The first-order chi connectivity index (χ1) is 14.0.